The quantitative estimate of drug-likeness (QED) is 0.284. The minimum absolute atomic E-state index is 0. The van der Waals surface area contributed by atoms with Crippen molar-refractivity contribution in [3.05, 3.63) is 0 Å². The molecule has 0 radical (unpaired) electrons. The average molecular weight is 288 g/mol. The maximum atomic E-state index is 9.45. The molecule has 0 saturated heterocycles. The molecule has 0 rings (SSSR count). The number of carboxylic acids is 1. The van der Waals surface area contributed by atoms with Crippen LogP contribution in [-0.4, -0.2) is 126 Å². The summed E-state index contributed by atoms with van der Waals surface area (Å²) >= 11 is 0. The Kier molecular flexibility index (Phi) is 31.9. The van der Waals surface area contributed by atoms with Crippen LogP contribution >= 0.6 is 0 Å². The fourth-order valence-electron chi connectivity index (χ4n) is 0. The first-order valence-electron chi connectivity index (χ1n) is 2.25. The van der Waals surface area contributed by atoms with Crippen LogP contribution in [0.2, 0.25) is 0 Å². The van der Waals surface area contributed by atoms with Crippen LogP contribution in [0.25, 0.3) is 0 Å². The van der Waals surface area contributed by atoms with Crippen molar-refractivity contribution in [2.75, 3.05) is 0 Å². The van der Waals surface area contributed by atoms with Crippen LogP contribution in [0, 0.1) is 0 Å². The summed E-state index contributed by atoms with van der Waals surface area (Å²) in [4.78, 5) is 9.45. The van der Waals surface area contributed by atoms with E-state index in [2.05, 4.69) is 0 Å². The van der Waals surface area contributed by atoms with Crippen molar-refractivity contribution in [1.82, 2.24) is 0 Å². The number of rotatable bonds is 1. The fourth-order valence-corrected chi connectivity index (χ4v) is 0. The fraction of sp³-hybridized carbons (Fsp3) is 0.667. The molecular formula is C3H15Al2KO7S. The second kappa shape index (κ2) is 15.0. The molecule has 0 amide bonds. The van der Waals surface area contributed by atoms with Crippen LogP contribution in [0.5, 0.6) is 0 Å². The monoisotopic (exact) mass is 288 g/mol. The molecule has 0 aromatic rings. The second-order valence-electron chi connectivity index (χ2n) is 1.46. The summed E-state index contributed by atoms with van der Waals surface area (Å²) in [5.41, 5.74) is 0. The molecule has 0 aliphatic heterocycles. The van der Waals surface area contributed by atoms with Crippen molar-refractivity contribution in [3.63, 3.8) is 0 Å². The number of carboxylic acid groups (broad SMARTS) is 1. The molecule has 0 aliphatic rings. The molecule has 4 N–H and O–H groups in total. The molecule has 7 nitrogen and oxygen atoms in total. The summed E-state index contributed by atoms with van der Waals surface area (Å²) < 4.78 is 31.6. The Bertz CT molecular complexity index is 207. The van der Waals surface area contributed by atoms with Gasteiger partial charge in [-0.3, -0.25) is 9.11 Å². The SMILES string of the molecule is CC(O)C(=O)O.O=S(=O)(O)O.[AlH3].[AlH3].[KH]. The van der Waals surface area contributed by atoms with Gasteiger partial charge in [0, 0.05) is 0 Å². The second-order valence-corrected chi connectivity index (χ2v) is 2.36. The Labute approximate surface area is 146 Å². The third kappa shape index (κ3) is 65.7. The normalized spacial score (nSPS) is 10.0. The van der Waals surface area contributed by atoms with Crippen molar-refractivity contribution in [2.24, 2.45) is 0 Å². The van der Waals surface area contributed by atoms with Crippen LogP contribution < -0.4 is 0 Å². The zero-order chi connectivity index (χ0) is 9.65. The summed E-state index contributed by atoms with van der Waals surface area (Å²) in [6.07, 6.45) is -1.23. The Morgan fingerprint density at radius 1 is 1.21 bits per heavy atom. The molecule has 0 aliphatic carbocycles. The number of hydrogen-bond acceptors (Lipinski definition) is 4. The average Bonchev–Trinajstić information content (AvgIpc) is 1.59. The van der Waals surface area contributed by atoms with Crippen molar-refractivity contribution in [2.45, 2.75) is 13.0 Å². The predicted octanol–water partition coefficient (Wildman–Crippen LogP) is -4.22. The molecule has 82 valence electrons. The zero-order valence-corrected chi connectivity index (χ0v) is 6.32. The Morgan fingerprint density at radius 3 is 1.29 bits per heavy atom. The standard InChI is InChI=1S/C3H6O3.2Al.K.H2O4S.7H/c1-2(4)3(5)6;;;;1-5(2,3)4;;;;;;;/h2,4H,1H3,(H,5,6);;;;(H2,1,2,3,4);;;;;;;. The number of aliphatic hydroxyl groups excluding tert-OH is 1. The van der Waals surface area contributed by atoms with E-state index in [9.17, 15) is 4.79 Å². The summed E-state index contributed by atoms with van der Waals surface area (Å²) in [5, 5.41) is 15.8. The van der Waals surface area contributed by atoms with E-state index in [-0.39, 0.29) is 86.1 Å². The Balaban J connectivity index is -0.0000000321. The summed E-state index contributed by atoms with van der Waals surface area (Å²) in [6.45, 7) is 1.20. The molecule has 0 bridgehead atoms. The van der Waals surface area contributed by atoms with E-state index in [1.807, 2.05) is 0 Å². The Hall–Kier alpha value is 2.00. The van der Waals surface area contributed by atoms with Gasteiger partial charge < -0.3 is 10.2 Å². The zero-order valence-electron chi connectivity index (χ0n) is 5.50. The van der Waals surface area contributed by atoms with E-state index in [0.717, 1.165) is 0 Å². The minimum atomic E-state index is -4.67. The van der Waals surface area contributed by atoms with E-state index >= 15 is 0 Å². The molecule has 0 spiro atoms. The molecular weight excluding hydrogens is 273 g/mol. The van der Waals surface area contributed by atoms with E-state index in [1.165, 1.54) is 6.92 Å². The van der Waals surface area contributed by atoms with Crippen LogP contribution in [-0.2, 0) is 15.2 Å². The van der Waals surface area contributed by atoms with Crippen molar-refractivity contribution < 1.29 is 32.5 Å². The van der Waals surface area contributed by atoms with Gasteiger partial charge in [0.15, 0.2) is 34.7 Å². The number of aliphatic hydroxyl groups is 1. The van der Waals surface area contributed by atoms with Gasteiger partial charge in [-0.05, 0) is 6.92 Å². The van der Waals surface area contributed by atoms with Crippen LogP contribution in [0.4, 0.5) is 0 Å². The van der Waals surface area contributed by atoms with Gasteiger partial charge in [0.2, 0.25) is 0 Å². The van der Waals surface area contributed by atoms with E-state index in [0.29, 0.717) is 0 Å². The number of hydrogen-bond donors (Lipinski definition) is 4. The van der Waals surface area contributed by atoms with Gasteiger partial charge in [0.05, 0.1) is 0 Å². The third-order valence-electron chi connectivity index (χ3n) is 0.357. The van der Waals surface area contributed by atoms with Gasteiger partial charge in [-0.15, -0.1) is 0 Å². The predicted molar refractivity (Wildman–Crippen MR) is 60.5 cm³/mol. The summed E-state index contributed by atoms with van der Waals surface area (Å²) in [7, 11) is -4.67. The topological polar surface area (TPSA) is 132 Å². The molecule has 1 unspecified atom stereocenters. The van der Waals surface area contributed by atoms with Gasteiger partial charge in [0.25, 0.3) is 0 Å². The van der Waals surface area contributed by atoms with Crippen molar-refractivity contribution >= 4 is 102 Å². The molecule has 1 atom stereocenters. The molecule has 14 heavy (non-hydrogen) atoms. The van der Waals surface area contributed by atoms with Gasteiger partial charge in [-0.25, -0.2) is 4.79 Å². The Morgan fingerprint density at radius 2 is 1.29 bits per heavy atom. The molecule has 0 aromatic heterocycles. The molecule has 0 saturated carbocycles. The van der Waals surface area contributed by atoms with Crippen molar-refractivity contribution in [1.29, 1.82) is 0 Å². The van der Waals surface area contributed by atoms with Crippen LogP contribution in [0.1, 0.15) is 6.92 Å². The first-order valence-corrected chi connectivity index (χ1v) is 3.65. The van der Waals surface area contributed by atoms with E-state index < -0.39 is 22.5 Å². The molecule has 0 heterocycles. The first-order chi connectivity index (χ1) is 4.64. The van der Waals surface area contributed by atoms with Gasteiger partial charge in [-0.1, -0.05) is 0 Å². The third-order valence-corrected chi connectivity index (χ3v) is 0.357. The maximum absolute atomic E-state index is 9.45. The molecule has 11 heteroatoms. The van der Waals surface area contributed by atoms with Crippen LogP contribution in [0.3, 0.4) is 0 Å². The van der Waals surface area contributed by atoms with E-state index in [1.54, 1.807) is 0 Å². The summed E-state index contributed by atoms with van der Waals surface area (Å²) in [5.74, 6) is -1.19. The van der Waals surface area contributed by atoms with Gasteiger partial charge in [0.1, 0.15) is 6.10 Å². The number of carbonyl (C=O) groups is 1. The molecule has 0 aromatic carbocycles. The first kappa shape index (κ1) is 29.8. The van der Waals surface area contributed by atoms with Crippen molar-refractivity contribution in [3.8, 4) is 0 Å². The van der Waals surface area contributed by atoms with E-state index in [4.69, 9.17) is 27.7 Å². The summed E-state index contributed by atoms with van der Waals surface area (Å²) in [6, 6.07) is 0. The number of aliphatic carboxylic acids is 1. The van der Waals surface area contributed by atoms with Gasteiger partial charge in [-0.2, -0.15) is 8.42 Å². The molecule has 0 fully saturated rings. The van der Waals surface area contributed by atoms with Gasteiger partial charge >= 0.3 is 67.8 Å². The van der Waals surface area contributed by atoms with Crippen LogP contribution in [0.15, 0.2) is 0 Å².